The molecule has 0 aromatic heterocycles. The number of ketones is 1. The number of hydrogen-bond acceptors (Lipinski definition) is 48. The number of benzene rings is 9. The number of aromatic hydroxyl groups is 25. The summed E-state index contributed by atoms with van der Waals surface area (Å²) in [7, 11) is 0. The maximum atomic E-state index is 15.1. The quantitative estimate of drug-likeness (QED) is 0.0341. The topological polar surface area (TPSA) is 811 Å². The fraction of sp³-hybridized carbons (Fsp3) is 0.171. The van der Waals surface area contributed by atoms with E-state index in [9.17, 15) is 171 Å². The normalized spacial score (nSPS) is 19.8. The van der Waals surface area contributed by atoms with Crippen molar-refractivity contribution in [3.63, 3.8) is 0 Å². The van der Waals surface area contributed by atoms with E-state index >= 15 is 9.59 Å². The first-order valence-corrected chi connectivity index (χ1v) is 34.5. The van der Waals surface area contributed by atoms with Gasteiger partial charge in [0.2, 0.25) is 46.0 Å². The van der Waals surface area contributed by atoms with Crippen molar-refractivity contribution in [1.29, 1.82) is 0 Å². The Morgan fingerprint density at radius 3 is 0.895 bits per heavy atom. The predicted molar refractivity (Wildman–Crippen MR) is 385 cm³/mol. The van der Waals surface area contributed by atoms with Gasteiger partial charge in [-0.2, -0.15) is 0 Å². The van der Waals surface area contributed by atoms with Crippen molar-refractivity contribution in [2.45, 2.75) is 68.3 Å². The molecule has 27 N–H and O–H groups in total. The predicted octanol–water partition coefficient (Wildman–Crippen LogP) is 3.18. The van der Waals surface area contributed by atoms with E-state index in [0.717, 1.165) is 6.92 Å². The SMILES string of the molecule is CC(=O)c1cc(O)c(O)c(O)c1Oc1cc2c(c(O)c1O)-c1c(cc(O)c(O)c1O)C(=O)O[C@@H]1C(COC2=O)OC(O)C(OC(=O)c2cc(O)c(O)c(O)c2Oc2cc3c(c(O)c2O)-c2c(cc(O)c(O)c2O)C(=O)O[C@@H]2C(COC3=O)OC(O)C(OC(=O)c3cc(O)c(O)c(O)c3)[C@H]2OC(=O)c2cc(O)c(O)c(O)c2)[C@H]1OC(=O)c1cc(O)c(O)c(O)c1. The van der Waals surface area contributed by atoms with Gasteiger partial charge in [0, 0.05) is 40.5 Å². The van der Waals surface area contributed by atoms with Crippen molar-refractivity contribution in [1.82, 2.24) is 0 Å². The summed E-state index contributed by atoms with van der Waals surface area (Å²) in [6.07, 6.45) is -26.7. The van der Waals surface area contributed by atoms with Crippen LogP contribution in [-0.2, 0) is 47.4 Å². The van der Waals surface area contributed by atoms with Crippen molar-refractivity contribution < 1.29 is 238 Å². The number of hydrogen-bond donors (Lipinski definition) is 27. The molecule has 9 aromatic rings. The molecule has 2 saturated heterocycles. The number of esters is 8. The fourth-order valence-corrected chi connectivity index (χ4v) is 13.1. The minimum absolute atomic E-state index is 0.130. The van der Waals surface area contributed by atoms with Gasteiger partial charge in [-0.05, 0) is 61.5 Å². The van der Waals surface area contributed by atoms with Crippen LogP contribution in [0.25, 0.3) is 22.3 Å². The average molecular weight is 1740 g/mol. The van der Waals surface area contributed by atoms with Crippen LogP contribution in [0.4, 0.5) is 0 Å². The number of fused-ring (bicyclic) bond motifs is 8. The summed E-state index contributed by atoms with van der Waals surface area (Å²) >= 11 is 0. The van der Waals surface area contributed by atoms with Gasteiger partial charge in [-0.1, -0.05) is 0 Å². The zero-order valence-corrected chi connectivity index (χ0v) is 61.3. The molecule has 0 radical (unpaired) electrons. The van der Waals surface area contributed by atoms with Crippen LogP contribution in [0, 0.1) is 0 Å². The maximum Gasteiger partial charge on any atom is 0.342 e. The number of rotatable bonds is 13. The van der Waals surface area contributed by atoms with Crippen LogP contribution in [0.3, 0.4) is 0 Å². The highest BCUT2D eigenvalue weighted by molar-refractivity contribution is 6.11. The number of ether oxygens (including phenoxy) is 12. The Labute approximate surface area is 682 Å². The monoisotopic (exact) mass is 1740 g/mol. The first-order chi connectivity index (χ1) is 58.3. The van der Waals surface area contributed by atoms with Crippen LogP contribution in [0.15, 0.2) is 72.8 Å². The van der Waals surface area contributed by atoms with Crippen LogP contribution in [0.5, 0.6) is 167 Å². The molecule has 4 aliphatic rings. The zero-order valence-electron chi connectivity index (χ0n) is 61.3. The summed E-state index contributed by atoms with van der Waals surface area (Å²) in [5, 5.41) is 296. The molecule has 48 heteroatoms. The molecule has 4 aliphatic heterocycles. The number of aliphatic hydroxyl groups excluding tert-OH is 2. The molecule has 124 heavy (non-hydrogen) atoms. The Morgan fingerprint density at radius 1 is 0.298 bits per heavy atom. The van der Waals surface area contributed by atoms with Crippen molar-refractivity contribution in [3.05, 3.63) is 123 Å². The van der Waals surface area contributed by atoms with Crippen molar-refractivity contribution >= 4 is 53.5 Å². The minimum Gasteiger partial charge on any atom is -0.504 e. The summed E-state index contributed by atoms with van der Waals surface area (Å²) in [6.45, 7) is -2.13. The maximum absolute atomic E-state index is 15.1. The molecule has 48 nitrogen and oxygen atoms in total. The molecule has 2 fully saturated rings. The van der Waals surface area contributed by atoms with E-state index in [2.05, 4.69) is 0 Å². The Bertz CT molecular complexity index is 6050. The second-order valence-corrected chi connectivity index (χ2v) is 26.9. The van der Waals surface area contributed by atoms with Gasteiger partial charge >= 0.3 is 47.8 Å². The van der Waals surface area contributed by atoms with E-state index in [4.69, 9.17) is 56.8 Å². The van der Waals surface area contributed by atoms with E-state index in [1.165, 1.54) is 0 Å². The van der Waals surface area contributed by atoms with E-state index < -0.39 is 367 Å². The molecule has 0 aliphatic carbocycles. The highest BCUT2D eigenvalue weighted by atomic mass is 16.7. The Balaban J connectivity index is 0.890. The van der Waals surface area contributed by atoms with Gasteiger partial charge < -0.3 is 195 Å². The summed E-state index contributed by atoms with van der Waals surface area (Å²) in [5.41, 5.74) is -15.7. The molecule has 0 saturated carbocycles. The molecule has 0 bridgehead atoms. The number of phenols is 25. The average Bonchev–Trinajstić information content (AvgIpc) is 1.29. The third-order valence-electron chi connectivity index (χ3n) is 19.2. The van der Waals surface area contributed by atoms with Gasteiger partial charge in [-0.3, -0.25) is 4.79 Å². The highest BCUT2D eigenvalue weighted by Crippen LogP contribution is 2.59. The van der Waals surface area contributed by atoms with Crippen molar-refractivity contribution in [2.24, 2.45) is 0 Å². The second kappa shape index (κ2) is 31.6. The van der Waals surface area contributed by atoms with Crippen molar-refractivity contribution in [2.75, 3.05) is 13.2 Å². The number of phenolic OH excluding ortho intramolecular Hbond substituents is 25. The lowest BCUT2D eigenvalue weighted by Gasteiger charge is -2.42. The highest BCUT2D eigenvalue weighted by Gasteiger charge is 2.56. The van der Waals surface area contributed by atoms with Crippen LogP contribution in [-0.4, -0.2) is 266 Å². The molecule has 0 spiro atoms. The molecule has 648 valence electrons. The lowest BCUT2D eigenvalue weighted by molar-refractivity contribution is -0.284. The second-order valence-electron chi connectivity index (χ2n) is 26.9. The number of cyclic esters (lactones) is 2. The first kappa shape index (κ1) is 84.8. The molecule has 10 atom stereocenters. The summed E-state index contributed by atoms with van der Waals surface area (Å²) < 4.78 is 67.0. The van der Waals surface area contributed by atoms with Gasteiger partial charge in [0.05, 0.1) is 44.5 Å². The van der Waals surface area contributed by atoms with Gasteiger partial charge in [-0.15, -0.1) is 0 Å². The fourth-order valence-electron chi connectivity index (χ4n) is 13.1. The Kier molecular flexibility index (Phi) is 21.6. The van der Waals surface area contributed by atoms with Gasteiger partial charge in [-0.25, -0.2) is 38.4 Å². The van der Waals surface area contributed by atoms with Crippen LogP contribution in [0.1, 0.15) is 100 Å². The summed E-state index contributed by atoms with van der Waals surface area (Å²) in [6, 6.07) is 4.56. The smallest absolute Gasteiger partial charge is 0.342 e. The molecule has 9 aromatic carbocycles. The first-order valence-electron chi connectivity index (χ1n) is 34.5. The van der Waals surface area contributed by atoms with Gasteiger partial charge in [0.25, 0.3) is 0 Å². The molecular formula is C76H56O48. The van der Waals surface area contributed by atoms with E-state index in [-0.39, 0.29) is 24.3 Å². The standard InChI is InChI=1S/C76H56O48/c1-16(77)20-8-32(84)49(93)57(101)59(20)115-36-12-23-42(55(99)51(36)95)40-22(10-34(86)47(91)53(40)97)73(109)120-62-39(15-114-70(23)106)118-76(112)66(64(62)122-68(104)18-4-28(80)45(89)29(81)5-18)124-74(110)25-11-35(87)50(94)58(102)60(25)116-37-13-24-43(56(100)52(37)96)41-21(9-33(85)48(92)54(41)98)72(108)119-61-38(14-113-71(24)107)117-75(111)65(123-69(105)19-6-30(82)46(90)31(83)7-19)63(61)121-67(103)17-2-26(78)44(88)27(79)3-17/h2-13,38-39,61-66,75-76,78-102,111-112H,14-15H2,1H3/t38?,39?,61-,62-,63+,64+,65?,66?,75?,76?/m1/s1. The molecular weight excluding hydrogens is 1680 g/mol. The lowest BCUT2D eigenvalue weighted by atomic mass is 9.91. The number of carbonyl (C=O) groups excluding carboxylic acids is 9. The van der Waals surface area contributed by atoms with E-state index in [1.54, 1.807) is 0 Å². The summed E-state index contributed by atoms with van der Waals surface area (Å²) in [5.74, 6) is -58.2. The third kappa shape index (κ3) is 14.8. The summed E-state index contributed by atoms with van der Waals surface area (Å²) in [4.78, 5) is 130. The minimum atomic E-state index is -2.97. The van der Waals surface area contributed by atoms with Crippen LogP contribution in [0.2, 0.25) is 0 Å². The number of Topliss-reactive ketones (excluding diaryl/α,β-unsaturated/α-hetero) is 1. The zero-order chi connectivity index (χ0) is 90.6. The van der Waals surface area contributed by atoms with Crippen LogP contribution >= 0.6 is 0 Å². The van der Waals surface area contributed by atoms with Crippen LogP contribution < -0.4 is 9.47 Å². The third-order valence-corrected chi connectivity index (χ3v) is 19.2. The molecule has 4 heterocycles. The largest absolute Gasteiger partial charge is 0.504 e. The molecule has 13 rings (SSSR count). The molecule has 6 unspecified atom stereocenters. The van der Waals surface area contributed by atoms with E-state index in [0.29, 0.717) is 48.5 Å². The van der Waals surface area contributed by atoms with Crippen molar-refractivity contribution in [3.8, 4) is 189 Å². The van der Waals surface area contributed by atoms with E-state index in [1.807, 2.05) is 0 Å². The number of aliphatic hydroxyl groups is 2. The Morgan fingerprint density at radius 2 is 0.565 bits per heavy atom. The van der Waals surface area contributed by atoms with Gasteiger partial charge in [0.15, 0.2) is 176 Å². The lowest BCUT2D eigenvalue weighted by Crippen LogP contribution is -2.62. The number of carbonyl (C=O) groups is 9. The molecule has 0 amide bonds. The van der Waals surface area contributed by atoms with Gasteiger partial charge in [0.1, 0.15) is 31.0 Å². The Hall–Kier alpha value is -17.1.